The maximum absolute atomic E-state index is 14.1. The minimum atomic E-state index is -0.779. The lowest BCUT2D eigenvalue weighted by molar-refractivity contribution is -0.139. The zero-order chi connectivity index (χ0) is 30.8. The first-order chi connectivity index (χ1) is 20.7. The molecule has 1 aliphatic rings. The van der Waals surface area contributed by atoms with E-state index in [-0.39, 0.29) is 18.0 Å². The van der Waals surface area contributed by atoms with Crippen molar-refractivity contribution in [2.45, 2.75) is 47.6 Å². The van der Waals surface area contributed by atoms with Gasteiger partial charge in [0.05, 0.1) is 41.7 Å². The highest BCUT2D eigenvalue weighted by atomic mass is 32.1. The highest BCUT2D eigenvalue weighted by molar-refractivity contribution is 7.07. The lowest BCUT2D eigenvalue weighted by Gasteiger charge is -2.25. The van der Waals surface area contributed by atoms with Crippen LogP contribution in [0.2, 0.25) is 0 Å². The Balaban J connectivity index is 1.69. The second kappa shape index (κ2) is 12.4. The molecule has 0 aliphatic carbocycles. The highest BCUT2D eigenvalue weighted by Crippen LogP contribution is 2.36. The van der Waals surface area contributed by atoms with Gasteiger partial charge in [0.15, 0.2) is 16.3 Å². The van der Waals surface area contributed by atoms with Gasteiger partial charge >= 0.3 is 5.97 Å². The third-order valence-electron chi connectivity index (χ3n) is 7.24. The maximum atomic E-state index is 14.1. The van der Waals surface area contributed by atoms with Gasteiger partial charge in [-0.25, -0.2) is 14.2 Å². The van der Waals surface area contributed by atoms with Crippen LogP contribution in [0.5, 0.6) is 11.5 Å². The normalized spacial score (nSPS) is 14.9. The molecule has 0 radical (unpaired) electrons. The summed E-state index contributed by atoms with van der Waals surface area (Å²) in [6.45, 7) is 12.3. The summed E-state index contributed by atoms with van der Waals surface area (Å²) >= 11 is 1.26. The van der Waals surface area contributed by atoms with Crippen LogP contribution in [-0.2, 0) is 9.53 Å². The number of aryl methyl sites for hydroxylation is 1. The van der Waals surface area contributed by atoms with Crippen molar-refractivity contribution in [3.8, 4) is 17.2 Å². The Kier molecular flexibility index (Phi) is 8.68. The third kappa shape index (κ3) is 5.67. The fourth-order valence-electron chi connectivity index (χ4n) is 5.41. The van der Waals surface area contributed by atoms with Crippen molar-refractivity contribution in [1.82, 2.24) is 9.13 Å². The summed E-state index contributed by atoms with van der Waals surface area (Å²) in [7, 11) is 0. The van der Waals surface area contributed by atoms with Gasteiger partial charge in [-0.05, 0) is 101 Å². The van der Waals surface area contributed by atoms with Gasteiger partial charge in [0, 0.05) is 17.1 Å². The lowest BCUT2D eigenvalue weighted by Crippen LogP contribution is -2.40. The molecule has 0 saturated carbocycles. The first-order valence-electron chi connectivity index (χ1n) is 14.2. The predicted octanol–water partition coefficient (Wildman–Crippen LogP) is 5.14. The zero-order valence-electron chi connectivity index (χ0n) is 25.1. The standard InChI is InChI=1S/C33H34FN3O5S/c1-7-40-26-15-10-22(17-27(26)41-8-2)30-29(32(39)42-9-3)20(5)35-33-37(30)31(38)28(43-33)18-23-16-19(4)36(21(23)6)25-13-11-24(34)12-14-25/h10-18,30H,7-9H2,1-6H3/b28-18-/t30-/m1/s1. The highest BCUT2D eigenvalue weighted by Gasteiger charge is 2.34. The van der Waals surface area contributed by atoms with Crippen molar-refractivity contribution in [1.29, 1.82) is 0 Å². The topological polar surface area (TPSA) is 84.1 Å². The number of allylic oxidation sites excluding steroid dienone is 1. The van der Waals surface area contributed by atoms with Crippen molar-refractivity contribution >= 4 is 23.4 Å². The molecule has 10 heteroatoms. The van der Waals surface area contributed by atoms with E-state index in [1.165, 1.54) is 23.5 Å². The summed E-state index contributed by atoms with van der Waals surface area (Å²) in [6, 6.07) is 12.9. The molecule has 224 valence electrons. The lowest BCUT2D eigenvalue weighted by atomic mass is 9.95. The molecule has 0 unspecified atom stereocenters. The fourth-order valence-corrected chi connectivity index (χ4v) is 6.44. The zero-order valence-corrected chi connectivity index (χ0v) is 25.9. The number of nitrogens with zero attached hydrogens (tertiary/aromatic N) is 3. The van der Waals surface area contributed by atoms with Crippen molar-refractivity contribution in [2.75, 3.05) is 19.8 Å². The summed E-state index contributed by atoms with van der Waals surface area (Å²) in [4.78, 5) is 32.6. The molecular formula is C33H34FN3O5S. The second-order valence-electron chi connectivity index (χ2n) is 10.0. The number of halogens is 1. The fraction of sp³-hybridized carbons (Fsp3) is 0.303. The second-order valence-corrected chi connectivity index (χ2v) is 11.0. The molecule has 5 rings (SSSR count). The van der Waals surface area contributed by atoms with Gasteiger partial charge in [-0.15, -0.1) is 0 Å². The van der Waals surface area contributed by atoms with Gasteiger partial charge in [-0.3, -0.25) is 9.36 Å². The van der Waals surface area contributed by atoms with Crippen LogP contribution < -0.4 is 24.4 Å². The molecule has 2 aromatic heterocycles. The van der Waals surface area contributed by atoms with E-state index in [4.69, 9.17) is 14.2 Å². The van der Waals surface area contributed by atoms with Gasteiger partial charge in [0.2, 0.25) is 0 Å². The van der Waals surface area contributed by atoms with Crippen LogP contribution >= 0.6 is 11.3 Å². The number of esters is 1. The number of carbonyl (C=O) groups excluding carboxylic acids is 1. The first kappa shape index (κ1) is 30.0. The smallest absolute Gasteiger partial charge is 0.338 e. The number of carbonyl (C=O) groups is 1. The molecule has 0 N–H and O–H groups in total. The molecule has 0 bridgehead atoms. The summed E-state index contributed by atoms with van der Waals surface area (Å²) in [5.74, 6) is 0.267. The van der Waals surface area contributed by atoms with Crippen LogP contribution in [-0.4, -0.2) is 34.9 Å². The molecule has 1 atom stereocenters. The molecule has 1 aliphatic heterocycles. The van der Waals surface area contributed by atoms with E-state index >= 15 is 0 Å². The van der Waals surface area contributed by atoms with Crippen LogP contribution in [0.1, 0.15) is 56.3 Å². The van der Waals surface area contributed by atoms with Crippen molar-refractivity contribution in [3.05, 3.63) is 108 Å². The van der Waals surface area contributed by atoms with Crippen molar-refractivity contribution in [3.63, 3.8) is 0 Å². The van der Waals surface area contributed by atoms with Crippen molar-refractivity contribution in [2.24, 2.45) is 4.99 Å². The number of rotatable bonds is 9. The van der Waals surface area contributed by atoms with Crippen LogP contribution in [0.3, 0.4) is 0 Å². The van der Waals surface area contributed by atoms with E-state index in [0.717, 1.165) is 22.6 Å². The van der Waals surface area contributed by atoms with E-state index < -0.39 is 12.0 Å². The van der Waals surface area contributed by atoms with Gasteiger partial charge in [0.25, 0.3) is 5.56 Å². The van der Waals surface area contributed by atoms with Gasteiger partial charge in [-0.2, -0.15) is 0 Å². The minimum Gasteiger partial charge on any atom is -0.490 e. The molecule has 43 heavy (non-hydrogen) atoms. The van der Waals surface area contributed by atoms with Gasteiger partial charge in [-0.1, -0.05) is 17.4 Å². The number of benzene rings is 2. The number of hydrogen-bond donors (Lipinski definition) is 0. The Hall–Kier alpha value is -4.44. The summed E-state index contributed by atoms with van der Waals surface area (Å²) in [6.07, 6.45) is 1.84. The van der Waals surface area contributed by atoms with E-state index in [2.05, 4.69) is 4.99 Å². The molecular weight excluding hydrogens is 569 g/mol. The molecule has 4 aromatic rings. The van der Waals surface area contributed by atoms with Crippen LogP contribution in [0, 0.1) is 19.7 Å². The van der Waals surface area contributed by atoms with E-state index in [1.54, 1.807) is 36.6 Å². The van der Waals surface area contributed by atoms with Crippen molar-refractivity contribution < 1.29 is 23.4 Å². The first-order valence-corrected chi connectivity index (χ1v) is 15.0. The molecule has 0 spiro atoms. The number of thiazole rings is 1. The largest absolute Gasteiger partial charge is 0.490 e. The third-order valence-corrected chi connectivity index (χ3v) is 8.22. The molecule has 3 heterocycles. The van der Waals surface area contributed by atoms with Gasteiger partial charge < -0.3 is 18.8 Å². The van der Waals surface area contributed by atoms with E-state index in [0.29, 0.717) is 50.9 Å². The number of hydrogen-bond acceptors (Lipinski definition) is 7. The molecule has 8 nitrogen and oxygen atoms in total. The summed E-state index contributed by atoms with van der Waals surface area (Å²) in [5, 5.41) is 0. The summed E-state index contributed by atoms with van der Waals surface area (Å²) < 4.78 is 34.6. The number of fused-ring (bicyclic) bond motifs is 1. The molecule has 0 fully saturated rings. The molecule has 0 saturated heterocycles. The van der Waals surface area contributed by atoms with E-state index in [9.17, 15) is 14.0 Å². The monoisotopic (exact) mass is 603 g/mol. The maximum Gasteiger partial charge on any atom is 0.338 e. The Labute approximate surface area is 253 Å². The Morgan fingerprint density at radius 1 is 0.977 bits per heavy atom. The Bertz CT molecular complexity index is 1900. The average molecular weight is 604 g/mol. The molecule has 0 amide bonds. The number of ether oxygens (including phenoxy) is 3. The van der Waals surface area contributed by atoms with Gasteiger partial charge in [0.1, 0.15) is 5.82 Å². The van der Waals surface area contributed by atoms with Crippen LogP contribution in [0.4, 0.5) is 4.39 Å². The Morgan fingerprint density at radius 2 is 1.67 bits per heavy atom. The van der Waals surface area contributed by atoms with Crippen LogP contribution in [0.25, 0.3) is 11.8 Å². The number of aromatic nitrogens is 2. The van der Waals surface area contributed by atoms with E-state index in [1.807, 2.05) is 56.5 Å². The quantitative estimate of drug-likeness (QED) is 0.248. The average Bonchev–Trinajstić information content (AvgIpc) is 3.43. The summed E-state index contributed by atoms with van der Waals surface area (Å²) in [5.41, 5.74) is 4.70. The van der Waals surface area contributed by atoms with Crippen LogP contribution in [0.15, 0.2) is 69.6 Å². The minimum absolute atomic E-state index is 0.184. The SMILES string of the molecule is CCOC(=O)C1=C(C)N=c2s/c(=C\c3cc(C)n(-c4ccc(F)cc4)c3C)c(=O)n2[C@@H]1c1ccc(OCC)c(OCC)c1. The predicted molar refractivity (Wildman–Crippen MR) is 164 cm³/mol. The Morgan fingerprint density at radius 3 is 2.35 bits per heavy atom. The molecule has 2 aromatic carbocycles.